The van der Waals surface area contributed by atoms with E-state index in [0.29, 0.717) is 13.0 Å². The fraction of sp³-hybridized carbons (Fsp3) is 0.812. The number of carbonyl (C=O) groups is 1. The highest BCUT2D eigenvalue weighted by Crippen LogP contribution is 2.15. The van der Waals surface area contributed by atoms with Crippen molar-refractivity contribution in [1.29, 1.82) is 0 Å². The molecule has 0 aliphatic rings. The van der Waals surface area contributed by atoms with Gasteiger partial charge in [-0.1, -0.05) is 38.2 Å². The molecular formula is C16H30O3. The monoisotopic (exact) mass is 270 g/mol. The van der Waals surface area contributed by atoms with Gasteiger partial charge in [-0.2, -0.15) is 0 Å². The zero-order valence-corrected chi connectivity index (χ0v) is 12.6. The van der Waals surface area contributed by atoms with Gasteiger partial charge in [-0.3, -0.25) is 4.79 Å². The number of allylic oxidation sites excluding steroid dienone is 1. The summed E-state index contributed by atoms with van der Waals surface area (Å²) in [5.41, 5.74) is 0. The second-order valence-corrected chi connectivity index (χ2v) is 5.10. The van der Waals surface area contributed by atoms with Crippen LogP contribution < -0.4 is 0 Å². The summed E-state index contributed by atoms with van der Waals surface area (Å²) in [5, 5.41) is 9.88. The van der Waals surface area contributed by atoms with Crippen LogP contribution in [0, 0.1) is 5.92 Å². The summed E-state index contributed by atoms with van der Waals surface area (Å²) < 4.78 is 4.90. The Kier molecular flexibility index (Phi) is 11.7. The Hall–Kier alpha value is -0.830. The third-order valence-corrected chi connectivity index (χ3v) is 3.39. The van der Waals surface area contributed by atoms with E-state index in [4.69, 9.17) is 4.74 Å². The fourth-order valence-corrected chi connectivity index (χ4v) is 2.03. The standard InChI is InChI=1S/C16H30O3/c1-4-6-7-8-9-10-11-12-13-15(17)14(3)16(18)19-5-2/h4,14-15,17H,1,5-13H2,2-3H3. The molecule has 0 fully saturated rings. The zero-order valence-electron chi connectivity index (χ0n) is 12.6. The molecule has 2 unspecified atom stereocenters. The van der Waals surface area contributed by atoms with E-state index in [9.17, 15) is 9.90 Å². The molecule has 19 heavy (non-hydrogen) atoms. The van der Waals surface area contributed by atoms with Crippen LogP contribution in [0.1, 0.15) is 65.2 Å². The summed E-state index contributed by atoms with van der Waals surface area (Å²) in [5.74, 6) is -0.702. The second kappa shape index (κ2) is 12.2. The van der Waals surface area contributed by atoms with E-state index >= 15 is 0 Å². The largest absolute Gasteiger partial charge is 0.466 e. The number of carbonyl (C=O) groups excluding carboxylic acids is 1. The predicted molar refractivity (Wildman–Crippen MR) is 78.9 cm³/mol. The normalized spacial score (nSPS) is 13.8. The maximum absolute atomic E-state index is 11.4. The van der Waals surface area contributed by atoms with Crippen molar-refractivity contribution < 1.29 is 14.6 Å². The van der Waals surface area contributed by atoms with Crippen molar-refractivity contribution in [1.82, 2.24) is 0 Å². The molecule has 0 spiro atoms. The number of aliphatic hydroxyl groups is 1. The Morgan fingerprint density at radius 3 is 2.37 bits per heavy atom. The minimum atomic E-state index is -0.570. The smallest absolute Gasteiger partial charge is 0.311 e. The first-order valence-corrected chi connectivity index (χ1v) is 7.59. The van der Waals surface area contributed by atoms with Crippen molar-refractivity contribution >= 4 is 5.97 Å². The minimum absolute atomic E-state index is 0.292. The zero-order chi connectivity index (χ0) is 14.5. The lowest BCUT2D eigenvalue weighted by Gasteiger charge is -2.17. The first-order valence-electron chi connectivity index (χ1n) is 7.59. The number of hydrogen-bond donors (Lipinski definition) is 1. The molecule has 1 N–H and O–H groups in total. The molecule has 0 amide bonds. The van der Waals surface area contributed by atoms with Crippen molar-refractivity contribution in [2.75, 3.05) is 6.61 Å². The molecule has 112 valence electrons. The van der Waals surface area contributed by atoms with Crippen LogP contribution in [0.2, 0.25) is 0 Å². The van der Waals surface area contributed by atoms with Crippen LogP contribution in [0.3, 0.4) is 0 Å². The number of unbranched alkanes of at least 4 members (excludes halogenated alkanes) is 6. The summed E-state index contributed by atoms with van der Waals surface area (Å²) in [6.45, 7) is 7.60. The summed E-state index contributed by atoms with van der Waals surface area (Å²) in [7, 11) is 0. The van der Waals surface area contributed by atoms with E-state index in [1.54, 1.807) is 13.8 Å². The summed E-state index contributed by atoms with van der Waals surface area (Å²) in [4.78, 5) is 11.4. The number of hydrogen-bond acceptors (Lipinski definition) is 3. The minimum Gasteiger partial charge on any atom is -0.466 e. The molecular weight excluding hydrogens is 240 g/mol. The van der Waals surface area contributed by atoms with Gasteiger partial charge in [0.25, 0.3) is 0 Å². The van der Waals surface area contributed by atoms with Gasteiger partial charge in [0.15, 0.2) is 0 Å². The third-order valence-electron chi connectivity index (χ3n) is 3.39. The van der Waals surface area contributed by atoms with Gasteiger partial charge < -0.3 is 9.84 Å². The second-order valence-electron chi connectivity index (χ2n) is 5.10. The Balaban J connectivity index is 3.49. The van der Waals surface area contributed by atoms with Crippen LogP contribution in [-0.4, -0.2) is 23.8 Å². The van der Waals surface area contributed by atoms with Crippen molar-refractivity contribution in [2.24, 2.45) is 5.92 Å². The van der Waals surface area contributed by atoms with Crippen LogP contribution in [0.4, 0.5) is 0 Å². The number of aliphatic hydroxyl groups excluding tert-OH is 1. The molecule has 0 aliphatic heterocycles. The predicted octanol–water partition coefficient (Wildman–Crippen LogP) is 3.85. The Labute approximate surface area is 118 Å². The molecule has 2 atom stereocenters. The molecule has 0 aliphatic carbocycles. The summed E-state index contributed by atoms with van der Waals surface area (Å²) >= 11 is 0. The van der Waals surface area contributed by atoms with Crippen LogP contribution in [0.5, 0.6) is 0 Å². The van der Waals surface area contributed by atoms with Crippen molar-refractivity contribution in [3.05, 3.63) is 12.7 Å². The average molecular weight is 270 g/mol. The van der Waals surface area contributed by atoms with E-state index in [1.807, 2.05) is 6.08 Å². The molecule has 3 heteroatoms. The molecule has 0 aromatic carbocycles. The Morgan fingerprint density at radius 1 is 1.21 bits per heavy atom. The van der Waals surface area contributed by atoms with Crippen LogP contribution in [0.15, 0.2) is 12.7 Å². The lowest BCUT2D eigenvalue weighted by molar-refractivity contribution is -0.151. The van der Waals surface area contributed by atoms with Crippen LogP contribution in [0.25, 0.3) is 0 Å². The van der Waals surface area contributed by atoms with Gasteiger partial charge in [-0.05, 0) is 33.1 Å². The van der Waals surface area contributed by atoms with Gasteiger partial charge in [0, 0.05) is 0 Å². The summed E-state index contributed by atoms with van der Waals surface area (Å²) in [6.07, 6.45) is 10.2. The highest BCUT2D eigenvalue weighted by Gasteiger charge is 2.22. The Morgan fingerprint density at radius 2 is 1.79 bits per heavy atom. The number of rotatable bonds is 12. The topological polar surface area (TPSA) is 46.5 Å². The Bertz CT molecular complexity index is 238. The van der Waals surface area contributed by atoms with Crippen LogP contribution in [-0.2, 0) is 9.53 Å². The van der Waals surface area contributed by atoms with Crippen molar-refractivity contribution in [3.8, 4) is 0 Å². The lowest BCUT2D eigenvalue weighted by atomic mass is 9.98. The van der Waals surface area contributed by atoms with Gasteiger partial charge >= 0.3 is 5.97 Å². The number of esters is 1. The van der Waals surface area contributed by atoms with E-state index in [2.05, 4.69) is 6.58 Å². The molecule has 0 heterocycles. The highest BCUT2D eigenvalue weighted by atomic mass is 16.5. The maximum Gasteiger partial charge on any atom is 0.311 e. The SMILES string of the molecule is C=CCCCCCCCCC(O)C(C)C(=O)OCC. The van der Waals surface area contributed by atoms with E-state index < -0.39 is 12.0 Å². The van der Waals surface area contributed by atoms with Gasteiger partial charge in [-0.25, -0.2) is 0 Å². The molecule has 0 aromatic rings. The van der Waals surface area contributed by atoms with E-state index in [1.165, 1.54) is 25.7 Å². The molecule has 0 bridgehead atoms. The van der Waals surface area contributed by atoms with Crippen molar-refractivity contribution in [3.63, 3.8) is 0 Å². The highest BCUT2D eigenvalue weighted by molar-refractivity contribution is 5.72. The first kappa shape index (κ1) is 18.2. The average Bonchev–Trinajstić information content (AvgIpc) is 2.41. The molecule has 0 saturated carbocycles. The molecule has 0 rings (SSSR count). The molecule has 0 aromatic heterocycles. The van der Waals surface area contributed by atoms with E-state index in [-0.39, 0.29) is 5.97 Å². The van der Waals surface area contributed by atoms with Gasteiger partial charge in [0.2, 0.25) is 0 Å². The van der Waals surface area contributed by atoms with Gasteiger partial charge in [0.1, 0.15) is 0 Å². The lowest BCUT2D eigenvalue weighted by Crippen LogP contribution is -2.27. The molecule has 3 nitrogen and oxygen atoms in total. The maximum atomic E-state index is 11.4. The van der Waals surface area contributed by atoms with Gasteiger partial charge in [0.05, 0.1) is 18.6 Å². The summed E-state index contributed by atoms with van der Waals surface area (Å²) in [6, 6.07) is 0. The quantitative estimate of drug-likeness (QED) is 0.333. The molecule has 0 saturated heterocycles. The van der Waals surface area contributed by atoms with Crippen LogP contribution >= 0.6 is 0 Å². The van der Waals surface area contributed by atoms with Gasteiger partial charge in [-0.15, -0.1) is 6.58 Å². The molecule has 0 radical (unpaired) electrons. The third kappa shape index (κ3) is 9.71. The number of ether oxygens (including phenoxy) is 1. The fourth-order valence-electron chi connectivity index (χ4n) is 2.03. The van der Waals surface area contributed by atoms with Crippen molar-refractivity contribution in [2.45, 2.75) is 71.3 Å². The van der Waals surface area contributed by atoms with E-state index in [0.717, 1.165) is 19.3 Å². The first-order chi connectivity index (χ1) is 9.13.